The second-order valence-corrected chi connectivity index (χ2v) is 9.31. The number of ketones is 1. The van der Waals surface area contributed by atoms with Gasteiger partial charge in [-0.3, -0.25) is 4.79 Å². The van der Waals surface area contributed by atoms with Crippen LogP contribution in [0.2, 0.25) is 0 Å². The molecule has 160 valence electrons. The largest absolute Gasteiger partial charge is 0.481 e. The van der Waals surface area contributed by atoms with Crippen LogP contribution in [0.3, 0.4) is 0 Å². The Kier molecular flexibility index (Phi) is 3.85. The Bertz CT molecular complexity index is 1100. The van der Waals surface area contributed by atoms with Crippen molar-refractivity contribution in [3.05, 3.63) is 64.7 Å². The van der Waals surface area contributed by atoms with E-state index in [1.807, 2.05) is 43.3 Å². The molecule has 4 aliphatic rings. The molecule has 1 saturated heterocycles. The number of aryl methyl sites for hydroxylation is 1. The Hall–Kier alpha value is -2.86. The van der Waals surface area contributed by atoms with Gasteiger partial charge in [-0.1, -0.05) is 42.5 Å². The summed E-state index contributed by atoms with van der Waals surface area (Å²) in [6.07, 6.45) is 0.526. The number of rotatable bonds is 2. The highest BCUT2D eigenvalue weighted by molar-refractivity contribution is 5.90. The summed E-state index contributed by atoms with van der Waals surface area (Å²) in [6.45, 7) is 2.60. The number of carbonyl (C=O) groups is 2. The molecular formula is C25H25NO5. The average Bonchev–Trinajstić information content (AvgIpc) is 3.13. The Labute approximate surface area is 180 Å². The smallest absolute Gasteiger partial charge is 0.410 e. The van der Waals surface area contributed by atoms with Crippen molar-refractivity contribution in [2.24, 2.45) is 0 Å². The molecule has 6 heteroatoms. The Balaban J connectivity index is 1.39. The normalized spacial score (nSPS) is 32.3. The summed E-state index contributed by atoms with van der Waals surface area (Å²) in [5.41, 5.74) is 1.99. The lowest BCUT2D eigenvalue weighted by molar-refractivity contribution is -0.183. The minimum absolute atomic E-state index is 0.0481. The van der Waals surface area contributed by atoms with Gasteiger partial charge in [-0.2, -0.15) is 0 Å². The molecule has 0 unspecified atom stereocenters. The van der Waals surface area contributed by atoms with E-state index in [1.165, 1.54) is 0 Å². The molecule has 1 saturated carbocycles. The number of Topliss-reactive ketones (excluding diaryl/α,β-unsaturated/α-hetero) is 1. The molecule has 0 radical (unpaired) electrons. The lowest BCUT2D eigenvalue weighted by Gasteiger charge is -2.61. The van der Waals surface area contributed by atoms with Gasteiger partial charge in [0.1, 0.15) is 12.4 Å². The van der Waals surface area contributed by atoms with E-state index < -0.39 is 29.3 Å². The monoisotopic (exact) mass is 419 g/mol. The molecule has 2 bridgehead atoms. The molecule has 2 aliphatic carbocycles. The lowest BCUT2D eigenvalue weighted by atomic mass is 9.49. The van der Waals surface area contributed by atoms with Gasteiger partial charge in [-0.15, -0.1) is 0 Å². The molecule has 4 atom stereocenters. The maximum absolute atomic E-state index is 13.1. The zero-order valence-electron chi connectivity index (χ0n) is 17.5. The lowest BCUT2D eigenvalue weighted by Crippen LogP contribution is -2.77. The molecule has 2 heterocycles. The van der Waals surface area contributed by atoms with E-state index in [9.17, 15) is 14.7 Å². The standard InChI is InChI=1S/C25H25NO5/c1-15-7-8-17-13-19-25(29)10-9-18(27)22-24(25,20(17)21(15)31-22)11-12-26(19)23(28)30-14-16-5-3-2-4-6-16/h2-8,19,22,29H,9-14H2,1H3/t19-,22+,24+,25-/m1/s1. The van der Waals surface area contributed by atoms with E-state index in [1.54, 1.807) is 4.90 Å². The highest BCUT2D eigenvalue weighted by atomic mass is 16.6. The van der Waals surface area contributed by atoms with E-state index in [0.29, 0.717) is 25.8 Å². The van der Waals surface area contributed by atoms with Crippen molar-refractivity contribution >= 4 is 11.9 Å². The number of likely N-dealkylation sites (tertiary alicyclic amines) is 1. The fourth-order valence-electron chi connectivity index (χ4n) is 6.50. The van der Waals surface area contributed by atoms with Crippen LogP contribution in [0.15, 0.2) is 42.5 Å². The second kappa shape index (κ2) is 6.33. The second-order valence-electron chi connectivity index (χ2n) is 9.31. The van der Waals surface area contributed by atoms with Crippen molar-refractivity contribution in [1.82, 2.24) is 4.90 Å². The van der Waals surface area contributed by atoms with Gasteiger partial charge in [0, 0.05) is 18.5 Å². The minimum Gasteiger partial charge on any atom is -0.481 e. The zero-order chi connectivity index (χ0) is 21.4. The molecule has 1 N–H and O–H groups in total. The van der Waals surface area contributed by atoms with Gasteiger partial charge < -0.3 is 19.5 Å². The van der Waals surface area contributed by atoms with Gasteiger partial charge in [-0.25, -0.2) is 4.79 Å². The summed E-state index contributed by atoms with van der Waals surface area (Å²) in [5, 5.41) is 12.1. The third-order valence-corrected chi connectivity index (χ3v) is 7.92. The van der Waals surface area contributed by atoms with Crippen molar-refractivity contribution in [3.8, 4) is 5.75 Å². The molecule has 1 amide bonds. The van der Waals surface area contributed by atoms with Crippen molar-refractivity contribution in [2.45, 2.75) is 62.4 Å². The fraction of sp³-hybridized carbons (Fsp3) is 0.440. The average molecular weight is 419 g/mol. The zero-order valence-corrected chi connectivity index (χ0v) is 17.5. The third kappa shape index (κ3) is 2.31. The van der Waals surface area contributed by atoms with Gasteiger partial charge >= 0.3 is 6.09 Å². The summed E-state index contributed by atoms with van der Waals surface area (Å²) in [7, 11) is 0. The predicted molar refractivity (Wildman–Crippen MR) is 112 cm³/mol. The maximum atomic E-state index is 13.1. The third-order valence-electron chi connectivity index (χ3n) is 7.92. The minimum atomic E-state index is -1.21. The summed E-state index contributed by atoms with van der Waals surface area (Å²) >= 11 is 0. The molecule has 6 nitrogen and oxygen atoms in total. The molecule has 2 fully saturated rings. The quantitative estimate of drug-likeness (QED) is 0.810. The first-order chi connectivity index (χ1) is 15.0. The molecular weight excluding hydrogens is 394 g/mol. The number of aliphatic hydroxyl groups is 1. The van der Waals surface area contributed by atoms with E-state index in [-0.39, 0.29) is 18.8 Å². The molecule has 6 rings (SSSR count). The fourth-order valence-corrected chi connectivity index (χ4v) is 6.50. The van der Waals surface area contributed by atoms with E-state index in [2.05, 4.69) is 6.07 Å². The summed E-state index contributed by atoms with van der Waals surface area (Å²) in [6, 6.07) is 13.2. The maximum Gasteiger partial charge on any atom is 0.410 e. The summed E-state index contributed by atoms with van der Waals surface area (Å²) in [5.74, 6) is 0.807. The van der Waals surface area contributed by atoms with Crippen molar-refractivity contribution in [3.63, 3.8) is 0 Å². The Morgan fingerprint density at radius 3 is 2.84 bits per heavy atom. The highest BCUT2D eigenvalue weighted by Crippen LogP contribution is 2.63. The van der Waals surface area contributed by atoms with Crippen LogP contribution in [-0.4, -0.2) is 46.2 Å². The number of hydrogen-bond acceptors (Lipinski definition) is 5. The number of piperidine rings is 1. The Morgan fingerprint density at radius 1 is 1.23 bits per heavy atom. The number of benzene rings is 2. The molecule has 2 aromatic rings. The van der Waals surface area contributed by atoms with Crippen LogP contribution >= 0.6 is 0 Å². The summed E-state index contributed by atoms with van der Waals surface area (Å²) in [4.78, 5) is 27.7. The van der Waals surface area contributed by atoms with Gasteiger partial charge in [-0.05, 0) is 42.9 Å². The molecule has 0 aromatic heterocycles. The van der Waals surface area contributed by atoms with Gasteiger partial charge in [0.05, 0.1) is 17.1 Å². The van der Waals surface area contributed by atoms with Gasteiger partial charge in [0.2, 0.25) is 0 Å². The topological polar surface area (TPSA) is 76.1 Å². The summed E-state index contributed by atoms with van der Waals surface area (Å²) < 4.78 is 11.9. The first-order valence-electron chi connectivity index (χ1n) is 11.0. The van der Waals surface area contributed by atoms with Crippen LogP contribution in [-0.2, 0) is 28.0 Å². The van der Waals surface area contributed by atoms with E-state index >= 15 is 0 Å². The van der Waals surface area contributed by atoms with E-state index in [4.69, 9.17) is 9.47 Å². The number of hydrogen-bond donors (Lipinski definition) is 1. The SMILES string of the molecule is Cc1ccc2c3c1O[C@H]1C(=O)CC[C@@]4(O)[C@@H](C2)N(C(=O)OCc2ccccc2)CC[C@]314. The van der Waals surface area contributed by atoms with E-state index in [0.717, 1.165) is 28.0 Å². The van der Waals surface area contributed by atoms with Crippen molar-refractivity contribution in [2.75, 3.05) is 6.54 Å². The van der Waals surface area contributed by atoms with Crippen LogP contribution in [0.25, 0.3) is 0 Å². The highest BCUT2D eigenvalue weighted by Gasteiger charge is 2.73. The van der Waals surface area contributed by atoms with Crippen molar-refractivity contribution in [1.29, 1.82) is 0 Å². The van der Waals surface area contributed by atoms with Crippen LogP contribution < -0.4 is 4.74 Å². The predicted octanol–water partition coefficient (Wildman–Crippen LogP) is 3.06. The molecule has 2 aromatic carbocycles. The van der Waals surface area contributed by atoms with Crippen LogP contribution in [0.4, 0.5) is 4.79 Å². The van der Waals surface area contributed by atoms with Crippen molar-refractivity contribution < 1.29 is 24.2 Å². The van der Waals surface area contributed by atoms with Crippen LogP contribution in [0.1, 0.15) is 41.5 Å². The molecule has 31 heavy (non-hydrogen) atoms. The molecule has 2 aliphatic heterocycles. The first-order valence-corrected chi connectivity index (χ1v) is 11.0. The van der Waals surface area contributed by atoms with Crippen LogP contribution in [0, 0.1) is 6.92 Å². The first kappa shape index (κ1) is 18.9. The van der Waals surface area contributed by atoms with Gasteiger partial charge in [0.25, 0.3) is 0 Å². The number of amides is 1. The number of nitrogens with zero attached hydrogens (tertiary/aromatic N) is 1. The van der Waals surface area contributed by atoms with Gasteiger partial charge in [0.15, 0.2) is 11.9 Å². The number of carbonyl (C=O) groups excluding carboxylic acids is 2. The van der Waals surface area contributed by atoms with Crippen LogP contribution in [0.5, 0.6) is 5.75 Å². The Morgan fingerprint density at radius 2 is 2.03 bits per heavy atom. The molecule has 1 spiro atoms. The number of ether oxygens (including phenoxy) is 2.